The Labute approximate surface area is 323 Å². The first-order valence-electron chi connectivity index (χ1n) is 19.1. The van der Waals surface area contributed by atoms with Crippen molar-refractivity contribution in [3.05, 3.63) is 78.6 Å². The SMILES string of the molecule is CCCNCC(=O)N(CC(=O)O)C/C(N)=C/NCCCNC(=O)CCCOc1ccc(-c2nc3ccc(-c4ccc(N5CCN(C)CC5)cc4)cc3[nH]2)cc1. The highest BCUT2D eigenvalue weighted by Crippen LogP contribution is 2.28. The predicted molar refractivity (Wildman–Crippen MR) is 217 cm³/mol. The number of piperazine rings is 1. The molecule has 0 aliphatic carbocycles. The molecule has 0 saturated carbocycles. The summed E-state index contributed by atoms with van der Waals surface area (Å²) in [7, 11) is 2.17. The molecule has 0 spiro atoms. The maximum Gasteiger partial charge on any atom is 0.323 e. The Morgan fingerprint density at radius 3 is 2.38 bits per heavy atom. The summed E-state index contributed by atoms with van der Waals surface area (Å²) < 4.78 is 5.89. The average molecular weight is 754 g/mol. The molecule has 14 heteroatoms. The molecule has 0 atom stereocenters. The lowest BCUT2D eigenvalue weighted by Gasteiger charge is -2.34. The number of nitrogens with one attached hydrogen (secondary N) is 4. The molecule has 1 aliphatic rings. The number of amides is 2. The van der Waals surface area contributed by atoms with E-state index in [0.29, 0.717) is 51.2 Å². The lowest BCUT2D eigenvalue weighted by molar-refractivity contribution is -0.143. The van der Waals surface area contributed by atoms with E-state index in [-0.39, 0.29) is 24.9 Å². The predicted octanol–water partition coefficient (Wildman–Crippen LogP) is 3.62. The minimum absolute atomic E-state index is 0.00513. The molecular weight excluding hydrogens is 699 g/mol. The standard InChI is InChI=1S/C41H55N9O5/c1-3-17-43-27-39(52)50(29-40(53)54)28-33(42)26-44-18-5-19-45-38(51)6-4-24-55-35-14-9-31(10-15-35)41-46-36-16-11-32(25-37(36)47-41)30-7-12-34(13-8-30)49-22-20-48(2)21-23-49/h7-16,25-26,43-44H,3-6,17-24,27-29,42H2,1-2H3,(H,45,51)(H,46,47)(H,53,54)/b33-26-. The van der Waals surface area contributed by atoms with Crippen LogP contribution in [0.15, 0.2) is 78.6 Å². The Morgan fingerprint density at radius 1 is 0.927 bits per heavy atom. The number of aromatic nitrogens is 2. The number of nitrogens with two attached hydrogens (primary N) is 1. The van der Waals surface area contributed by atoms with Crippen LogP contribution in [0.1, 0.15) is 32.6 Å². The van der Waals surface area contributed by atoms with Crippen LogP contribution in [-0.2, 0) is 14.4 Å². The summed E-state index contributed by atoms with van der Waals surface area (Å²) >= 11 is 0. The van der Waals surface area contributed by atoms with E-state index < -0.39 is 12.5 Å². The number of hydrogen-bond donors (Lipinski definition) is 6. The number of aromatic amines is 1. The lowest BCUT2D eigenvalue weighted by Crippen LogP contribution is -2.44. The number of rotatable bonds is 21. The molecular formula is C41H55N9O5. The summed E-state index contributed by atoms with van der Waals surface area (Å²) in [5, 5.41) is 18.1. The molecule has 0 unspecified atom stereocenters. The fraction of sp³-hybridized carbons (Fsp3) is 0.415. The van der Waals surface area contributed by atoms with Gasteiger partial charge in [0.05, 0.1) is 30.7 Å². The van der Waals surface area contributed by atoms with Crippen molar-refractivity contribution in [3.8, 4) is 28.3 Å². The molecule has 55 heavy (non-hydrogen) atoms. The molecule has 1 aromatic heterocycles. The van der Waals surface area contributed by atoms with Gasteiger partial charge < -0.3 is 51.2 Å². The van der Waals surface area contributed by atoms with Crippen LogP contribution >= 0.6 is 0 Å². The van der Waals surface area contributed by atoms with Gasteiger partial charge in [-0.25, -0.2) is 4.98 Å². The molecule has 294 valence electrons. The van der Waals surface area contributed by atoms with Crippen LogP contribution in [0.2, 0.25) is 0 Å². The summed E-state index contributed by atoms with van der Waals surface area (Å²) in [5.41, 5.74) is 12.8. The van der Waals surface area contributed by atoms with Crippen LogP contribution in [0.4, 0.5) is 5.69 Å². The van der Waals surface area contributed by atoms with Gasteiger partial charge in [0.1, 0.15) is 18.1 Å². The molecule has 5 rings (SSSR count). The van der Waals surface area contributed by atoms with E-state index in [1.165, 1.54) is 16.2 Å². The number of carbonyl (C=O) groups is 3. The number of ether oxygens (including phenoxy) is 1. The van der Waals surface area contributed by atoms with Gasteiger partial charge in [0.25, 0.3) is 0 Å². The van der Waals surface area contributed by atoms with Crippen molar-refractivity contribution < 1.29 is 24.2 Å². The molecule has 4 aromatic rings. The Kier molecular flexibility index (Phi) is 15.3. The zero-order valence-electron chi connectivity index (χ0n) is 32.0. The van der Waals surface area contributed by atoms with Crippen LogP contribution in [-0.4, -0.2) is 122 Å². The van der Waals surface area contributed by atoms with Gasteiger partial charge >= 0.3 is 5.97 Å². The number of benzene rings is 3. The van der Waals surface area contributed by atoms with E-state index in [2.05, 4.69) is 80.2 Å². The molecule has 2 amide bonds. The summed E-state index contributed by atoms with van der Waals surface area (Å²) in [6.45, 7) is 8.01. The van der Waals surface area contributed by atoms with E-state index in [0.717, 1.165) is 66.3 Å². The second-order valence-electron chi connectivity index (χ2n) is 13.8. The topological polar surface area (TPSA) is 181 Å². The molecule has 1 aliphatic heterocycles. The number of carboxylic acids is 1. The Morgan fingerprint density at radius 2 is 1.65 bits per heavy atom. The van der Waals surface area contributed by atoms with Gasteiger partial charge in [-0.05, 0) is 92.5 Å². The monoisotopic (exact) mass is 753 g/mol. The van der Waals surface area contributed by atoms with Gasteiger partial charge in [0, 0.05) is 68.8 Å². The van der Waals surface area contributed by atoms with Crippen LogP contribution in [0.3, 0.4) is 0 Å². The van der Waals surface area contributed by atoms with Crippen LogP contribution < -0.4 is 31.3 Å². The smallest absolute Gasteiger partial charge is 0.323 e. The minimum atomic E-state index is -1.10. The lowest BCUT2D eigenvalue weighted by atomic mass is 10.0. The van der Waals surface area contributed by atoms with E-state index in [1.54, 1.807) is 6.20 Å². The molecule has 7 N–H and O–H groups in total. The number of carboxylic acid groups (broad SMARTS) is 1. The fourth-order valence-electron chi connectivity index (χ4n) is 6.24. The highest BCUT2D eigenvalue weighted by atomic mass is 16.5. The van der Waals surface area contributed by atoms with Gasteiger partial charge in [-0.1, -0.05) is 25.1 Å². The molecule has 2 heterocycles. The quantitative estimate of drug-likeness (QED) is 0.0685. The van der Waals surface area contributed by atoms with Crippen molar-refractivity contribution in [2.45, 2.75) is 32.6 Å². The number of likely N-dealkylation sites (N-methyl/N-ethyl adjacent to an activating group) is 1. The maximum atomic E-state index is 12.3. The number of nitrogens with zero attached hydrogens (tertiary/aromatic N) is 4. The van der Waals surface area contributed by atoms with E-state index in [4.69, 9.17) is 20.6 Å². The third-order valence-corrected chi connectivity index (χ3v) is 9.36. The van der Waals surface area contributed by atoms with Crippen molar-refractivity contribution in [3.63, 3.8) is 0 Å². The highest BCUT2D eigenvalue weighted by Gasteiger charge is 2.17. The van der Waals surface area contributed by atoms with Crippen molar-refractivity contribution >= 4 is 34.5 Å². The average Bonchev–Trinajstić information content (AvgIpc) is 3.62. The largest absolute Gasteiger partial charge is 0.494 e. The van der Waals surface area contributed by atoms with Gasteiger partial charge in [-0.2, -0.15) is 0 Å². The van der Waals surface area contributed by atoms with Crippen LogP contribution in [0.25, 0.3) is 33.5 Å². The molecule has 3 aromatic carbocycles. The van der Waals surface area contributed by atoms with Crippen molar-refractivity contribution in [2.24, 2.45) is 5.73 Å². The van der Waals surface area contributed by atoms with E-state index in [9.17, 15) is 14.4 Å². The van der Waals surface area contributed by atoms with Gasteiger partial charge in [0.2, 0.25) is 11.8 Å². The van der Waals surface area contributed by atoms with Crippen LogP contribution in [0.5, 0.6) is 5.75 Å². The summed E-state index contributed by atoms with van der Waals surface area (Å²) in [6.07, 6.45) is 4.02. The second kappa shape index (κ2) is 20.7. The molecule has 1 fully saturated rings. The normalized spacial score (nSPS) is 13.5. The Bertz CT molecular complexity index is 1870. The first kappa shape index (κ1) is 40.6. The van der Waals surface area contributed by atoms with Crippen molar-refractivity contribution in [2.75, 3.05) is 84.0 Å². The van der Waals surface area contributed by atoms with Crippen molar-refractivity contribution in [1.29, 1.82) is 0 Å². The molecule has 1 saturated heterocycles. The minimum Gasteiger partial charge on any atom is -0.494 e. The molecule has 0 bridgehead atoms. The molecule has 0 radical (unpaired) electrons. The van der Waals surface area contributed by atoms with Gasteiger partial charge in [0.15, 0.2) is 0 Å². The number of aliphatic carboxylic acids is 1. The van der Waals surface area contributed by atoms with E-state index in [1.807, 2.05) is 31.2 Å². The number of carbonyl (C=O) groups excluding carboxylic acids is 2. The van der Waals surface area contributed by atoms with Gasteiger partial charge in [-0.3, -0.25) is 14.4 Å². The number of imidazole rings is 1. The second-order valence-corrected chi connectivity index (χ2v) is 13.8. The third-order valence-electron chi connectivity index (χ3n) is 9.36. The Hall–Kier alpha value is -5.60. The number of H-pyrrole nitrogens is 1. The fourth-order valence-corrected chi connectivity index (χ4v) is 6.24. The molecule has 14 nitrogen and oxygen atoms in total. The summed E-state index contributed by atoms with van der Waals surface area (Å²) in [5.74, 6) is 0.0356. The maximum absolute atomic E-state index is 12.3. The highest BCUT2D eigenvalue weighted by molar-refractivity contribution is 5.85. The number of fused-ring (bicyclic) bond motifs is 1. The van der Waals surface area contributed by atoms with Crippen LogP contribution in [0, 0.1) is 0 Å². The van der Waals surface area contributed by atoms with Gasteiger partial charge in [-0.15, -0.1) is 0 Å². The third kappa shape index (κ3) is 12.8. The zero-order chi connectivity index (χ0) is 39.0. The Balaban J connectivity index is 0.978. The first-order valence-corrected chi connectivity index (χ1v) is 19.1. The number of anilines is 1. The number of hydrogen-bond acceptors (Lipinski definition) is 10. The summed E-state index contributed by atoms with van der Waals surface area (Å²) in [4.78, 5) is 50.1. The van der Waals surface area contributed by atoms with Crippen molar-refractivity contribution in [1.82, 2.24) is 35.7 Å². The summed E-state index contributed by atoms with van der Waals surface area (Å²) in [6, 6.07) is 22.9. The van der Waals surface area contributed by atoms with E-state index >= 15 is 0 Å². The first-order chi connectivity index (χ1) is 26.7. The zero-order valence-corrected chi connectivity index (χ0v) is 32.0.